The average Bonchev–Trinajstić information content (AvgIpc) is 2.58. The molecule has 1 amide bonds. The normalized spacial score (nSPS) is 21.3. The van der Waals surface area contributed by atoms with E-state index in [1.807, 2.05) is 24.3 Å². The van der Waals surface area contributed by atoms with E-state index in [4.69, 9.17) is 11.6 Å². The van der Waals surface area contributed by atoms with E-state index < -0.39 is 0 Å². The summed E-state index contributed by atoms with van der Waals surface area (Å²) in [5, 5.41) is 1.51. The van der Waals surface area contributed by atoms with Crippen LogP contribution in [-0.4, -0.2) is 28.3 Å². The highest BCUT2D eigenvalue weighted by Crippen LogP contribution is 2.27. The fourth-order valence-electron chi connectivity index (χ4n) is 2.13. The summed E-state index contributed by atoms with van der Waals surface area (Å²) in [4.78, 5) is 18.5. The summed E-state index contributed by atoms with van der Waals surface area (Å²) < 4.78 is 0. The number of rotatable bonds is 1. The molecule has 2 aliphatic rings. The van der Waals surface area contributed by atoms with Crippen molar-refractivity contribution < 1.29 is 4.79 Å². The third-order valence-corrected chi connectivity index (χ3v) is 4.37. The summed E-state index contributed by atoms with van der Waals surface area (Å²) in [5.74, 6) is 1.04. The summed E-state index contributed by atoms with van der Waals surface area (Å²) in [6, 6.07) is 7.44. The van der Waals surface area contributed by atoms with Gasteiger partial charge in [-0.2, -0.15) is 0 Å². The number of nitrogens with zero attached hydrogens (tertiary/aromatic N) is 2. The Balaban J connectivity index is 1.92. The van der Waals surface area contributed by atoms with Gasteiger partial charge in [0, 0.05) is 17.3 Å². The van der Waals surface area contributed by atoms with Gasteiger partial charge in [0.15, 0.2) is 5.17 Å². The van der Waals surface area contributed by atoms with Gasteiger partial charge in [-0.15, -0.1) is 0 Å². The molecule has 98 valence electrons. The van der Waals surface area contributed by atoms with Crippen molar-refractivity contribution in [3.05, 3.63) is 40.5 Å². The number of hydrogen-bond acceptors (Lipinski definition) is 3. The Morgan fingerprint density at radius 2 is 2.26 bits per heavy atom. The SMILES string of the molecule is O=C1/C(=C/c2cccc(Cl)c2)N=C2SCCCCN12. The van der Waals surface area contributed by atoms with E-state index in [1.54, 1.807) is 22.7 Å². The Morgan fingerprint density at radius 3 is 3.11 bits per heavy atom. The van der Waals surface area contributed by atoms with Gasteiger partial charge in [-0.05, 0) is 36.6 Å². The minimum absolute atomic E-state index is 0.00405. The molecule has 2 aliphatic heterocycles. The van der Waals surface area contributed by atoms with Crippen molar-refractivity contribution >= 4 is 40.5 Å². The van der Waals surface area contributed by atoms with Crippen LogP contribution < -0.4 is 0 Å². The first-order chi connectivity index (χ1) is 9.24. The molecule has 0 atom stereocenters. The number of aliphatic imine (C=N–C) groups is 1. The van der Waals surface area contributed by atoms with Crippen molar-refractivity contribution in [3.63, 3.8) is 0 Å². The number of thioether (sulfide) groups is 1. The molecule has 1 aromatic carbocycles. The predicted molar refractivity (Wildman–Crippen MR) is 80.3 cm³/mol. The maximum Gasteiger partial charge on any atom is 0.278 e. The molecule has 19 heavy (non-hydrogen) atoms. The molecule has 3 rings (SSSR count). The number of amidine groups is 1. The van der Waals surface area contributed by atoms with Crippen molar-refractivity contribution in [1.29, 1.82) is 0 Å². The van der Waals surface area contributed by atoms with Crippen molar-refractivity contribution in [1.82, 2.24) is 4.90 Å². The number of hydrogen-bond donors (Lipinski definition) is 0. The van der Waals surface area contributed by atoms with Gasteiger partial charge >= 0.3 is 0 Å². The highest BCUT2D eigenvalue weighted by molar-refractivity contribution is 8.13. The Labute approximate surface area is 121 Å². The van der Waals surface area contributed by atoms with E-state index in [2.05, 4.69) is 4.99 Å². The van der Waals surface area contributed by atoms with Crippen LogP contribution in [0.2, 0.25) is 5.02 Å². The smallest absolute Gasteiger partial charge is 0.278 e. The Hall–Kier alpha value is -1.26. The first-order valence-corrected chi connectivity index (χ1v) is 7.61. The van der Waals surface area contributed by atoms with Gasteiger partial charge in [0.25, 0.3) is 5.91 Å². The summed E-state index contributed by atoms with van der Waals surface area (Å²) in [6.07, 6.45) is 3.99. The van der Waals surface area contributed by atoms with Crippen LogP contribution in [0.3, 0.4) is 0 Å². The maximum atomic E-state index is 12.3. The zero-order chi connectivity index (χ0) is 13.2. The van der Waals surface area contributed by atoms with Crippen LogP contribution in [0, 0.1) is 0 Å². The molecule has 0 saturated carbocycles. The first kappa shape index (κ1) is 12.8. The minimum atomic E-state index is 0.00405. The number of fused-ring (bicyclic) bond motifs is 1. The van der Waals surface area contributed by atoms with Crippen molar-refractivity contribution in [2.75, 3.05) is 12.3 Å². The van der Waals surface area contributed by atoms with Crippen molar-refractivity contribution in [2.45, 2.75) is 12.8 Å². The lowest BCUT2D eigenvalue weighted by Gasteiger charge is -2.13. The van der Waals surface area contributed by atoms with E-state index in [9.17, 15) is 4.79 Å². The van der Waals surface area contributed by atoms with Crippen LogP contribution in [0.15, 0.2) is 35.0 Å². The molecule has 3 nitrogen and oxygen atoms in total. The number of benzene rings is 1. The third-order valence-electron chi connectivity index (χ3n) is 3.07. The zero-order valence-electron chi connectivity index (χ0n) is 10.3. The summed E-state index contributed by atoms with van der Waals surface area (Å²) >= 11 is 7.61. The van der Waals surface area contributed by atoms with Crippen LogP contribution >= 0.6 is 23.4 Å². The molecule has 0 aromatic heterocycles. The highest BCUT2D eigenvalue weighted by atomic mass is 35.5. The summed E-state index contributed by atoms with van der Waals surface area (Å²) in [5.41, 5.74) is 1.41. The molecule has 1 saturated heterocycles. The van der Waals surface area contributed by atoms with Crippen molar-refractivity contribution in [2.24, 2.45) is 4.99 Å². The lowest BCUT2D eigenvalue weighted by molar-refractivity contribution is -0.122. The predicted octanol–water partition coefficient (Wildman–Crippen LogP) is 3.41. The lowest BCUT2D eigenvalue weighted by Crippen LogP contribution is -2.30. The van der Waals surface area contributed by atoms with Gasteiger partial charge in [0.05, 0.1) is 0 Å². The van der Waals surface area contributed by atoms with Crippen molar-refractivity contribution in [3.8, 4) is 0 Å². The number of carbonyl (C=O) groups is 1. The van der Waals surface area contributed by atoms with Gasteiger partial charge in [0.1, 0.15) is 5.70 Å². The fourth-order valence-corrected chi connectivity index (χ4v) is 3.35. The minimum Gasteiger partial charge on any atom is -0.286 e. The van der Waals surface area contributed by atoms with Crippen LogP contribution in [0.1, 0.15) is 18.4 Å². The van der Waals surface area contributed by atoms with Crippen LogP contribution in [0.5, 0.6) is 0 Å². The molecule has 2 heterocycles. The van der Waals surface area contributed by atoms with Crippen LogP contribution in [-0.2, 0) is 4.79 Å². The topological polar surface area (TPSA) is 32.7 Å². The molecule has 1 fully saturated rings. The van der Waals surface area contributed by atoms with E-state index >= 15 is 0 Å². The molecule has 1 aromatic rings. The largest absolute Gasteiger partial charge is 0.286 e. The first-order valence-electron chi connectivity index (χ1n) is 6.25. The molecular formula is C14H13ClN2OS. The average molecular weight is 293 g/mol. The quantitative estimate of drug-likeness (QED) is 0.743. The van der Waals surface area contributed by atoms with Gasteiger partial charge in [-0.25, -0.2) is 4.99 Å². The van der Waals surface area contributed by atoms with Gasteiger partial charge in [-0.1, -0.05) is 35.5 Å². The standard InChI is InChI=1S/C14H13ClN2OS/c15-11-5-3-4-10(8-11)9-12-13(18)17-6-1-2-7-19-14(17)16-12/h3-5,8-9H,1-2,6-7H2/b12-9-. The van der Waals surface area contributed by atoms with Crippen LogP contribution in [0.25, 0.3) is 6.08 Å². The third kappa shape index (κ3) is 2.69. The lowest BCUT2D eigenvalue weighted by atomic mass is 10.2. The number of amides is 1. The fraction of sp³-hybridized carbons (Fsp3) is 0.286. The maximum absolute atomic E-state index is 12.3. The number of halogens is 1. The second-order valence-corrected chi connectivity index (χ2v) is 5.99. The molecule has 5 heteroatoms. The second kappa shape index (κ2) is 5.39. The molecule has 0 N–H and O–H groups in total. The zero-order valence-corrected chi connectivity index (χ0v) is 11.9. The van der Waals surface area contributed by atoms with E-state index in [0.29, 0.717) is 10.7 Å². The van der Waals surface area contributed by atoms with Gasteiger partial charge in [0.2, 0.25) is 0 Å². The highest BCUT2D eigenvalue weighted by Gasteiger charge is 2.31. The monoisotopic (exact) mass is 292 g/mol. The number of carbonyl (C=O) groups excluding carboxylic acids is 1. The van der Waals surface area contributed by atoms with E-state index in [1.165, 1.54) is 0 Å². The molecule has 0 radical (unpaired) electrons. The van der Waals surface area contributed by atoms with Gasteiger partial charge < -0.3 is 0 Å². The Bertz CT molecular complexity index is 583. The van der Waals surface area contributed by atoms with E-state index in [-0.39, 0.29) is 5.91 Å². The molecule has 0 bridgehead atoms. The Morgan fingerprint density at radius 1 is 1.37 bits per heavy atom. The molecule has 0 spiro atoms. The molecule has 0 aliphatic carbocycles. The summed E-state index contributed by atoms with van der Waals surface area (Å²) in [7, 11) is 0. The van der Waals surface area contributed by atoms with E-state index in [0.717, 1.165) is 35.9 Å². The molecular weight excluding hydrogens is 280 g/mol. The molecule has 0 unspecified atom stereocenters. The van der Waals surface area contributed by atoms with Gasteiger partial charge in [-0.3, -0.25) is 9.69 Å². The second-order valence-electron chi connectivity index (χ2n) is 4.49. The summed E-state index contributed by atoms with van der Waals surface area (Å²) in [6.45, 7) is 0.775. The van der Waals surface area contributed by atoms with Crippen LogP contribution in [0.4, 0.5) is 0 Å². The Kier molecular flexibility index (Phi) is 3.62.